The molecule has 1 aliphatic rings. The fraction of sp³-hybridized carbons (Fsp3) is 0.385. The highest BCUT2D eigenvalue weighted by molar-refractivity contribution is 5.24. The molecule has 0 saturated carbocycles. The first-order valence-electron chi connectivity index (χ1n) is 10.8. The van der Waals surface area contributed by atoms with E-state index in [1.807, 2.05) is 12.3 Å². The molecule has 1 aromatic carbocycles. The molecule has 3 nitrogen and oxygen atoms in total. The van der Waals surface area contributed by atoms with Crippen molar-refractivity contribution in [2.24, 2.45) is 0 Å². The first-order chi connectivity index (χ1) is 14.1. The molecule has 3 heteroatoms. The van der Waals surface area contributed by atoms with Crippen molar-refractivity contribution in [2.45, 2.75) is 51.5 Å². The molecule has 0 atom stereocenters. The van der Waals surface area contributed by atoms with Gasteiger partial charge in [0.25, 0.3) is 0 Å². The van der Waals surface area contributed by atoms with E-state index in [0.717, 1.165) is 56.7 Å². The standard InChI is InChI=1S/C26H31N3/c1-21-11-12-24(22(2)28-21)20-29-18-15-26(16-19-29,25-10-6-7-17-27-25)14-13-23-8-4-3-5-9-23/h3-12,17H,13-16,18-20H2,1-2H3. The summed E-state index contributed by atoms with van der Waals surface area (Å²) in [4.78, 5) is 12.0. The number of hydrogen-bond acceptors (Lipinski definition) is 3. The van der Waals surface area contributed by atoms with Crippen molar-refractivity contribution in [3.63, 3.8) is 0 Å². The molecule has 150 valence electrons. The Morgan fingerprint density at radius 3 is 2.34 bits per heavy atom. The molecule has 1 fully saturated rings. The quantitative estimate of drug-likeness (QED) is 0.579. The molecule has 29 heavy (non-hydrogen) atoms. The van der Waals surface area contributed by atoms with Crippen LogP contribution in [-0.2, 0) is 18.4 Å². The highest BCUT2D eigenvalue weighted by Crippen LogP contribution is 2.39. The molecule has 0 N–H and O–H groups in total. The number of benzene rings is 1. The van der Waals surface area contributed by atoms with Crippen molar-refractivity contribution >= 4 is 0 Å². The smallest absolute Gasteiger partial charge is 0.0466 e. The maximum atomic E-state index is 4.79. The van der Waals surface area contributed by atoms with Crippen LogP contribution in [0.4, 0.5) is 0 Å². The van der Waals surface area contributed by atoms with E-state index in [4.69, 9.17) is 4.98 Å². The van der Waals surface area contributed by atoms with Gasteiger partial charge >= 0.3 is 0 Å². The largest absolute Gasteiger partial charge is 0.299 e. The van der Waals surface area contributed by atoms with E-state index in [9.17, 15) is 0 Å². The van der Waals surface area contributed by atoms with Gasteiger partial charge in [-0.1, -0.05) is 42.5 Å². The third-order valence-corrected chi connectivity index (χ3v) is 6.48. The van der Waals surface area contributed by atoms with Crippen LogP contribution in [0.25, 0.3) is 0 Å². The monoisotopic (exact) mass is 385 g/mol. The number of piperidine rings is 1. The van der Waals surface area contributed by atoms with Gasteiger partial charge in [-0.25, -0.2) is 0 Å². The molecule has 0 amide bonds. The molecule has 0 spiro atoms. The van der Waals surface area contributed by atoms with Crippen LogP contribution in [0.3, 0.4) is 0 Å². The van der Waals surface area contributed by atoms with Crippen LogP contribution in [0.2, 0.25) is 0 Å². The normalized spacial score (nSPS) is 16.6. The maximum absolute atomic E-state index is 4.79. The van der Waals surface area contributed by atoms with E-state index in [0.29, 0.717) is 0 Å². The van der Waals surface area contributed by atoms with Gasteiger partial charge in [0.15, 0.2) is 0 Å². The summed E-state index contributed by atoms with van der Waals surface area (Å²) in [5, 5.41) is 0. The number of likely N-dealkylation sites (tertiary alicyclic amines) is 1. The van der Waals surface area contributed by atoms with E-state index < -0.39 is 0 Å². The predicted molar refractivity (Wildman–Crippen MR) is 119 cm³/mol. The Hall–Kier alpha value is -2.52. The Kier molecular flexibility index (Phi) is 6.05. The van der Waals surface area contributed by atoms with Crippen LogP contribution >= 0.6 is 0 Å². The van der Waals surface area contributed by atoms with Crippen LogP contribution in [0.1, 0.15) is 47.5 Å². The summed E-state index contributed by atoms with van der Waals surface area (Å²) >= 11 is 0. The molecule has 3 aromatic rings. The average Bonchev–Trinajstić information content (AvgIpc) is 2.77. The van der Waals surface area contributed by atoms with Crippen LogP contribution in [0, 0.1) is 13.8 Å². The lowest BCUT2D eigenvalue weighted by Crippen LogP contribution is -2.43. The van der Waals surface area contributed by atoms with Crippen LogP contribution in [0.5, 0.6) is 0 Å². The minimum Gasteiger partial charge on any atom is -0.299 e. The zero-order valence-corrected chi connectivity index (χ0v) is 17.6. The van der Waals surface area contributed by atoms with Crippen molar-refractivity contribution in [1.29, 1.82) is 0 Å². The number of nitrogens with zero attached hydrogens (tertiary/aromatic N) is 3. The number of pyridine rings is 2. The number of aromatic nitrogens is 2. The van der Waals surface area contributed by atoms with Crippen LogP contribution < -0.4 is 0 Å². The van der Waals surface area contributed by atoms with Crippen molar-refractivity contribution < 1.29 is 0 Å². The zero-order chi connectivity index (χ0) is 20.1. The Morgan fingerprint density at radius 1 is 0.897 bits per heavy atom. The summed E-state index contributed by atoms with van der Waals surface area (Å²) in [7, 11) is 0. The molecule has 1 saturated heterocycles. The van der Waals surface area contributed by atoms with E-state index >= 15 is 0 Å². The molecule has 0 unspecified atom stereocenters. The lowest BCUT2D eigenvalue weighted by atomic mass is 9.71. The zero-order valence-electron chi connectivity index (χ0n) is 17.6. The van der Waals surface area contributed by atoms with Gasteiger partial charge in [0.1, 0.15) is 0 Å². The molecule has 0 bridgehead atoms. The molecular weight excluding hydrogens is 354 g/mol. The highest BCUT2D eigenvalue weighted by Gasteiger charge is 2.37. The van der Waals surface area contributed by atoms with Gasteiger partial charge in [-0.15, -0.1) is 0 Å². The third kappa shape index (κ3) is 4.73. The number of rotatable bonds is 6. The van der Waals surface area contributed by atoms with E-state index in [-0.39, 0.29) is 5.41 Å². The van der Waals surface area contributed by atoms with Crippen molar-refractivity contribution in [1.82, 2.24) is 14.9 Å². The second-order valence-electron chi connectivity index (χ2n) is 8.45. The minimum atomic E-state index is 0.175. The summed E-state index contributed by atoms with van der Waals surface area (Å²) < 4.78 is 0. The molecule has 0 radical (unpaired) electrons. The van der Waals surface area contributed by atoms with Gasteiger partial charge in [-0.2, -0.15) is 0 Å². The number of aryl methyl sites for hydroxylation is 3. The first-order valence-corrected chi connectivity index (χ1v) is 10.8. The maximum Gasteiger partial charge on any atom is 0.0466 e. The molecule has 2 aromatic heterocycles. The molecule has 4 rings (SSSR count). The van der Waals surface area contributed by atoms with Crippen molar-refractivity contribution in [3.8, 4) is 0 Å². The van der Waals surface area contributed by atoms with E-state index in [2.05, 4.69) is 78.3 Å². The van der Waals surface area contributed by atoms with Gasteiger partial charge in [0.05, 0.1) is 0 Å². The summed E-state index contributed by atoms with van der Waals surface area (Å²) in [6.07, 6.45) is 6.54. The lowest BCUT2D eigenvalue weighted by Gasteiger charge is -2.42. The Balaban J connectivity index is 1.47. The van der Waals surface area contributed by atoms with Gasteiger partial charge in [0.2, 0.25) is 0 Å². The predicted octanol–water partition coefficient (Wildman–Crippen LogP) is 5.26. The Bertz CT molecular complexity index is 913. The molecular formula is C26H31N3. The van der Waals surface area contributed by atoms with E-state index in [1.165, 1.54) is 16.8 Å². The summed E-state index contributed by atoms with van der Waals surface area (Å²) in [5.41, 5.74) is 6.48. The van der Waals surface area contributed by atoms with Crippen LogP contribution in [0.15, 0.2) is 66.9 Å². The number of hydrogen-bond donors (Lipinski definition) is 0. The van der Waals surface area contributed by atoms with Crippen LogP contribution in [-0.4, -0.2) is 28.0 Å². The summed E-state index contributed by atoms with van der Waals surface area (Å²) in [6.45, 7) is 7.41. The first kappa shape index (κ1) is 19.8. The van der Waals surface area contributed by atoms with Gasteiger partial charge in [0, 0.05) is 35.2 Å². The van der Waals surface area contributed by atoms with Crippen molar-refractivity contribution in [3.05, 3.63) is 95.1 Å². The fourth-order valence-electron chi connectivity index (χ4n) is 4.60. The molecule has 0 aliphatic carbocycles. The Morgan fingerprint density at radius 2 is 1.66 bits per heavy atom. The van der Waals surface area contributed by atoms with Gasteiger partial charge in [-0.05, 0) is 81.9 Å². The SMILES string of the molecule is Cc1ccc(CN2CCC(CCc3ccccc3)(c3ccccn3)CC2)c(C)n1. The topological polar surface area (TPSA) is 29.0 Å². The third-order valence-electron chi connectivity index (χ3n) is 6.48. The minimum absolute atomic E-state index is 0.175. The summed E-state index contributed by atoms with van der Waals surface area (Å²) in [6, 6.07) is 21.6. The lowest BCUT2D eigenvalue weighted by molar-refractivity contribution is 0.142. The van der Waals surface area contributed by atoms with Gasteiger partial charge in [-0.3, -0.25) is 14.9 Å². The Labute approximate surface area is 174 Å². The van der Waals surface area contributed by atoms with E-state index in [1.54, 1.807) is 0 Å². The van der Waals surface area contributed by atoms with Gasteiger partial charge < -0.3 is 0 Å². The second-order valence-corrected chi connectivity index (χ2v) is 8.45. The highest BCUT2D eigenvalue weighted by atomic mass is 15.1. The molecule has 1 aliphatic heterocycles. The van der Waals surface area contributed by atoms with Crippen molar-refractivity contribution in [2.75, 3.05) is 13.1 Å². The summed E-state index contributed by atoms with van der Waals surface area (Å²) in [5.74, 6) is 0. The second kappa shape index (κ2) is 8.87. The molecule has 3 heterocycles. The fourth-order valence-corrected chi connectivity index (χ4v) is 4.60. The average molecular weight is 386 g/mol.